The van der Waals surface area contributed by atoms with Gasteiger partial charge in [-0.1, -0.05) is 0 Å². The Hall–Kier alpha value is -2.03. The van der Waals surface area contributed by atoms with E-state index in [1.54, 1.807) is 31.5 Å². The molecule has 0 spiro atoms. The minimum Gasteiger partial charge on any atom is -0.308 e. The van der Waals surface area contributed by atoms with Gasteiger partial charge in [-0.25, -0.2) is 24.0 Å². The summed E-state index contributed by atoms with van der Waals surface area (Å²) >= 11 is 0. The van der Waals surface area contributed by atoms with Crippen LogP contribution in [0.3, 0.4) is 0 Å². The summed E-state index contributed by atoms with van der Waals surface area (Å²) in [7, 11) is -3.63. The first-order valence-corrected chi connectivity index (χ1v) is 7.36. The number of nitrogens with one attached hydrogen (secondary N) is 2. The number of pyridine rings is 2. The Labute approximate surface area is 117 Å². The van der Waals surface area contributed by atoms with Crippen LogP contribution in [0.1, 0.15) is 18.5 Å². The summed E-state index contributed by atoms with van der Waals surface area (Å²) < 4.78 is 27.0. The predicted molar refractivity (Wildman–Crippen MR) is 75.0 cm³/mol. The summed E-state index contributed by atoms with van der Waals surface area (Å²) in [6, 6.07) is 6.07. The molecule has 2 heterocycles. The van der Waals surface area contributed by atoms with Crippen LogP contribution in [0, 0.1) is 0 Å². The highest BCUT2D eigenvalue weighted by molar-refractivity contribution is 7.89. The summed E-state index contributed by atoms with van der Waals surface area (Å²) in [6.45, 7) is 1.76. The van der Waals surface area contributed by atoms with Crippen LogP contribution in [0.2, 0.25) is 0 Å². The monoisotopic (exact) mass is 293 g/mol. The summed E-state index contributed by atoms with van der Waals surface area (Å²) in [5.74, 6) is 5.58. The van der Waals surface area contributed by atoms with Crippen LogP contribution >= 0.6 is 0 Å². The summed E-state index contributed by atoms with van der Waals surface area (Å²) in [5, 5.41) is 0. The van der Waals surface area contributed by atoms with Crippen molar-refractivity contribution >= 4 is 15.8 Å². The third kappa shape index (κ3) is 3.29. The Balaban J connectivity index is 2.18. The van der Waals surface area contributed by atoms with Gasteiger partial charge in [0.25, 0.3) is 0 Å². The molecule has 0 saturated carbocycles. The fourth-order valence-corrected chi connectivity index (χ4v) is 2.82. The minimum atomic E-state index is -3.63. The summed E-state index contributed by atoms with van der Waals surface area (Å²) in [5.41, 5.74) is 3.17. The van der Waals surface area contributed by atoms with Gasteiger partial charge >= 0.3 is 0 Å². The highest BCUT2D eigenvalue weighted by atomic mass is 32.2. The Bertz CT molecular complexity index is 658. The van der Waals surface area contributed by atoms with E-state index >= 15 is 0 Å². The van der Waals surface area contributed by atoms with E-state index in [0.717, 1.165) is 5.56 Å². The summed E-state index contributed by atoms with van der Waals surface area (Å²) in [6.07, 6.45) is 4.48. The van der Waals surface area contributed by atoms with Crippen molar-refractivity contribution in [1.82, 2.24) is 14.7 Å². The number of anilines is 1. The molecule has 1 unspecified atom stereocenters. The number of nitrogens with zero attached hydrogens (tertiary/aromatic N) is 2. The van der Waals surface area contributed by atoms with Crippen molar-refractivity contribution in [3.63, 3.8) is 0 Å². The van der Waals surface area contributed by atoms with Crippen LogP contribution in [0.4, 0.5) is 5.82 Å². The van der Waals surface area contributed by atoms with Gasteiger partial charge in [0.2, 0.25) is 10.0 Å². The lowest BCUT2D eigenvalue weighted by Crippen LogP contribution is -2.27. The molecule has 0 aliphatic carbocycles. The van der Waals surface area contributed by atoms with Crippen molar-refractivity contribution in [3.8, 4) is 0 Å². The standard InChI is InChI=1S/C12H15N5O2S/c1-9(10-4-6-14-7-5-10)17-20(18,19)11-2-3-12(16-13)15-8-11/h2-9,17H,13H2,1H3,(H,15,16). The number of sulfonamides is 1. The van der Waals surface area contributed by atoms with E-state index in [9.17, 15) is 8.42 Å². The first-order valence-electron chi connectivity index (χ1n) is 5.88. The van der Waals surface area contributed by atoms with Gasteiger partial charge in [0.15, 0.2) is 0 Å². The second kappa shape index (κ2) is 5.95. The van der Waals surface area contributed by atoms with E-state index in [4.69, 9.17) is 5.84 Å². The SMILES string of the molecule is CC(NS(=O)(=O)c1ccc(NN)nc1)c1ccncc1. The first kappa shape index (κ1) is 14.4. The van der Waals surface area contributed by atoms with E-state index in [0.29, 0.717) is 5.82 Å². The van der Waals surface area contributed by atoms with Crippen LogP contribution in [-0.2, 0) is 10.0 Å². The molecule has 0 aliphatic heterocycles. The fraction of sp³-hybridized carbons (Fsp3) is 0.167. The molecule has 0 aliphatic rings. The third-order valence-corrected chi connectivity index (χ3v) is 4.26. The zero-order valence-corrected chi connectivity index (χ0v) is 11.6. The summed E-state index contributed by atoms with van der Waals surface area (Å²) in [4.78, 5) is 7.85. The average molecular weight is 293 g/mol. The Morgan fingerprint density at radius 3 is 2.45 bits per heavy atom. The second-order valence-corrected chi connectivity index (χ2v) is 5.86. The molecular formula is C12H15N5O2S. The van der Waals surface area contributed by atoms with E-state index < -0.39 is 10.0 Å². The predicted octanol–water partition coefficient (Wildman–Crippen LogP) is 0.802. The van der Waals surface area contributed by atoms with Gasteiger partial charge in [-0.05, 0) is 36.8 Å². The number of hydrazine groups is 1. The zero-order chi connectivity index (χ0) is 14.6. The van der Waals surface area contributed by atoms with Crippen molar-refractivity contribution < 1.29 is 8.42 Å². The van der Waals surface area contributed by atoms with Gasteiger partial charge in [0.05, 0.1) is 0 Å². The molecule has 0 bridgehead atoms. The van der Waals surface area contributed by atoms with Crippen LogP contribution < -0.4 is 16.0 Å². The molecule has 0 radical (unpaired) electrons. The molecule has 0 fully saturated rings. The van der Waals surface area contributed by atoms with Gasteiger partial charge < -0.3 is 5.43 Å². The molecule has 2 rings (SSSR count). The van der Waals surface area contributed by atoms with Gasteiger partial charge in [-0.15, -0.1) is 0 Å². The lowest BCUT2D eigenvalue weighted by atomic mass is 10.1. The van der Waals surface area contributed by atoms with E-state index in [-0.39, 0.29) is 10.9 Å². The maximum absolute atomic E-state index is 12.2. The molecule has 106 valence electrons. The number of hydrogen-bond donors (Lipinski definition) is 3. The molecule has 2 aromatic rings. The maximum Gasteiger partial charge on any atom is 0.242 e. The Kier molecular flexibility index (Phi) is 4.28. The largest absolute Gasteiger partial charge is 0.308 e. The molecular weight excluding hydrogens is 278 g/mol. The molecule has 1 atom stereocenters. The lowest BCUT2D eigenvalue weighted by Gasteiger charge is -2.14. The molecule has 4 N–H and O–H groups in total. The van der Waals surface area contributed by atoms with Gasteiger partial charge in [-0.3, -0.25) is 4.98 Å². The quantitative estimate of drug-likeness (QED) is 0.555. The molecule has 0 aromatic carbocycles. The van der Waals surface area contributed by atoms with E-state index in [1.165, 1.54) is 18.3 Å². The number of hydrogen-bond acceptors (Lipinski definition) is 6. The topological polar surface area (TPSA) is 110 Å². The Morgan fingerprint density at radius 2 is 1.90 bits per heavy atom. The van der Waals surface area contributed by atoms with Crippen molar-refractivity contribution in [2.75, 3.05) is 5.43 Å². The molecule has 7 nitrogen and oxygen atoms in total. The Morgan fingerprint density at radius 1 is 1.20 bits per heavy atom. The minimum absolute atomic E-state index is 0.0809. The molecule has 8 heteroatoms. The highest BCUT2D eigenvalue weighted by Crippen LogP contribution is 2.16. The van der Waals surface area contributed by atoms with Crippen LogP contribution in [0.5, 0.6) is 0 Å². The van der Waals surface area contributed by atoms with Gasteiger partial charge in [-0.2, -0.15) is 0 Å². The van der Waals surface area contributed by atoms with Crippen molar-refractivity contribution in [2.24, 2.45) is 5.84 Å². The third-order valence-electron chi connectivity index (χ3n) is 2.73. The normalized spacial score (nSPS) is 12.9. The first-order chi connectivity index (χ1) is 9.53. The van der Waals surface area contributed by atoms with E-state index in [1.807, 2.05) is 0 Å². The van der Waals surface area contributed by atoms with Gasteiger partial charge in [0.1, 0.15) is 10.7 Å². The molecule has 0 saturated heterocycles. The van der Waals surface area contributed by atoms with E-state index in [2.05, 4.69) is 20.1 Å². The average Bonchev–Trinajstić information content (AvgIpc) is 2.48. The van der Waals surface area contributed by atoms with Crippen LogP contribution in [0.25, 0.3) is 0 Å². The highest BCUT2D eigenvalue weighted by Gasteiger charge is 2.18. The fourth-order valence-electron chi connectivity index (χ4n) is 1.65. The maximum atomic E-state index is 12.2. The lowest BCUT2D eigenvalue weighted by molar-refractivity contribution is 0.566. The smallest absolute Gasteiger partial charge is 0.242 e. The van der Waals surface area contributed by atoms with Crippen molar-refractivity contribution in [3.05, 3.63) is 48.4 Å². The molecule has 20 heavy (non-hydrogen) atoms. The van der Waals surface area contributed by atoms with Crippen LogP contribution in [0.15, 0.2) is 47.8 Å². The number of rotatable bonds is 5. The number of aromatic nitrogens is 2. The number of nitrogens with two attached hydrogens (primary N) is 1. The molecule has 2 aromatic heterocycles. The second-order valence-electron chi connectivity index (χ2n) is 4.15. The zero-order valence-electron chi connectivity index (χ0n) is 10.8. The molecule has 0 amide bonds. The van der Waals surface area contributed by atoms with Crippen LogP contribution in [-0.4, -0.2) is 18.4 Å². The van der Waals surface area contributed by atoms with Gasteiger partial charge in [0, 0.05) is 24.6 Å². The number of nitrogen functional groups attached to an aromatic ring is 1. The van der Waals surface area contributed by atoms with Crippen molar-refractivity contribution in [1.29, 1.82) is 0 Å². The van der Waals surface area contributed by atoms with Crippen molar-refractivity contribution in [2.45, 2.75) is 17.9 Å².